The first-order valence-electron chi connectivity index (χ1n) is 6.15. The van der Waals surface area contributed by atoms with Gasteiger partial charge in [-0.15, -0.1) is 11.8 Å². The first-order valence-corrected chi connectivity index (χ1v) is 8.06. The molecule has 0 bridgehead atoms. The first-order chi connectivity index (χ1) is 10.0. The van der Waals surface area contributed by atoms with Gasteiger partial charge < -0.3 is 10.4 Å². The summed E-state index contributed by atoms with van der Waals surface area (Å²) in [6.07, 6.45) is 0. The number of phenols is 1. The van der Waals surface area contributed by atoms with Crippen molar-refractivity contribution in [3.05, 3.63) is 58.1 Å². The van der Waals surface area contributed by atoms with Crippen LogP contribution in [0.4, 0.5) is 5.69 Å². The van der Waals surface area contributed by atoms with Crippen LogP contribution in [0.5, 0.6) is 5.75 Å². The van der Waals surface area contributed by atoms with E-state index in [1.165, 1.54) is 17.8 Å². The average molecular weight is 342 g/mol. The molecular formula is C15H13Cl2NO2S. The Morgan fingerprint density at radius 2 is 2.00 bits per heavy atom. The fraction of sp³-hybridized carbons (Fsp3) is 0.133. The molecule has 21 heavy (non-hydrogen) atoms. The number of anilines is 1. The maximum Gasteiger partial charge on any atom is 0.234 e. The Labute approximate surface area is 137 Å². The van der Waals surface area contributed by atoms with Gasteiger partial charge in [0.1, 0.15) is 5.75 Å². The maximum absolute atomic E-state index is 11.8. The van der Waals surface area contributed by atoms with Crippen molar-refractivity contribution < 1.29 is 9.90 Å². The molecule has 0 fully saturated rings. The van der Waals surface area contributed by atoms with Gasteiger partial charge in [0, 0.05) is 27.6 Å². The van der Waals surface area contributed by atoms with E-state index in [-0.39, 0.29) is 11.7 Å². The molecule has 0 atom stereocenters. The topological polar surface area (TPSA) is 49.3 Å². The Balaban J connectivity index is 1.81. The average Bonchev–Trinajstić information content (AvgIpc) is 2.41. The van der Waals surface area contributed by atoms with E-state index in [4.69, 9.17) is 23.2 Å². The highest BCUT2D eigenvalue weighted by atomic mass is 35.5. The maximum atomic E-state index is 11.8. The molecule has 6 heteroatoms. The summed E-state index contributed by atoms with van der Waals surface area (Å²) in [6.45, 7) is 0. The molecule has 0 aliphatic rings. The highest BCUT2D eigenvalue weighted by Crippen LogP contribution is 2.24. The molecule has 0 spiro atoms. The summed E-state index contributed by atoms with van der Waals surface area (Å²) in [7, 11) is 0. The van der Waals surface area contributed by atoms with E-state index in [1.54, 1.807) is 30.3 Å². The Kier molecular flexibility index (Phi) is 5.79. The molecule has 2 rings (SSSR count). The lowest BCUT2D eigenvalue weighted by atomic mass is 10.2. The van der Waals surface area contributed by atoms with Crippen LogP contribution in [0.15, 0.2) is 42.5 Å². The molecule has 0 radical (unpaired) electrons. The minimum Gasteiger partial charge on any atom is -0.508 e. The van der Waals surface area contributed by atoms with E-state index in [9.17, 15) is 9.90 Å². The highest BCUT2D eigenvalue weighted by Gasteiger charge is 2.06. The van der Waals surface area contributed by atoms with Crippen molar-refractivity contribution in [1.82, 2.24) is 0 Å². The van der Waals surface area contributed by atoms with E-state index in [1.807, 2.05) is 6.07 Å². The van der Waals surface area contributed by atoms with Crippen molar-refractivity contribution in [2.45, 2.75) is 5.75 Å². The molecule has 0 aromatic heterocycles. The summed E-state index contributed by atoms with van der Waals surface area (Å²) in [6, 6.07) is 11.8. The van der Waals surface area contributed by atoms with Crippen molar-refractivity contribution >= 4 is 46.6 Å². The number of hydrogen-bond acceptors (Lipinski definition) is 3. The number of thioether (sulfide) groups is 1. The monoisotopic (exact) mass is 341 g/mol. The summed E-state index contributed by atoms with van der Waals surface area (Å²) < 4.78 is 0. The summed E-state index contributed by atoms with van der Waals surface area (Å²) in [5, 5.41) is 13.2. The number of benzene rings is 2. The van der Waals surface area contributed by atoms with Crippen LogP contribution in [0.2, 0.25) is 10.0 Å². The van der Waals surface area contributed by atoms with Crippen LogP contribution < -0.4 is 5.32 Å². The fourth-order valence-electron chi connectivity index (χ4n) is 1.67. The minimum atomic E-state index is -0.129. The molecule has 0 aliphatic carbocycles. The van der Waals surface area contributed by atoms with Crippen LogP contribution in [-0.2, 0) is 10.5 Å². The fourth-order valence-corrected chi connectivity index (χ4v) is 3.06. The molecule has 0 saturated carbocycles. The molecule has 2 N–H and O–H groups in total. The minimum absolute atomic E-state index is 0.119. The molecule has 0 aliphatic heterocycles. The van der Waals surface area contributed by atoms with Gasteiger partial charge >= 0.3 is 0 Å². The number of hydrogen-bond donors (Lipinski definition) is 2. The van der Waals surface area contributed by atoms with E-state index in [2.05, 4.69) is 5.32 Å². The first kappa shape index (κ1) is 16.0. The zero-order valence-electron chi connectivity index (χ0n) is 11.0. The van der Waals surface area contributed by atoms with Crippen LogP contribution in [0.1, 0.15) is 5.56 Å². The Hall–Kier alpha value is -1.36. The lowest BCUT2D eigenvalue weighted by Crippen LogP contribution is -2.14. The number of phenolic OH excluding ortho intramolecular Hbond substituents is 1. The van der Waals surface area contributed by atoms with Gasteiger partial charge in [0.05, 0.1) is 5.75 Å². The van der Waals surface area contributed by atoms with E-state index >= 15 is 0 Å². The molecule has 0 unspecified atom stereocenters. The highest BCUT2D eigenvalue weighted by molar-refractivity contribution is 7.99. The zero-order chi connectivity index (χ0) is 15.2. The van der Waals surface area contributed by atoms with Crippen molar-refractivity contribution in [3.8, 4) is 5.75 Å². The van der Waals surface area contributed by atoms with Crippen molar-refractivity contribution in [3.63, 3.8) is 0 Å². The summed E-state index contributed by atoms with van der Waals surface area (Å²) >= 11 is 13.4. The quantitative estimate of drug-likeness (QED) is 0.837. The van der Waals surface area contributed by atoms with Crippen molar-refractivity contribution in [1.29, 1.82) is 0 Å². The van der Waals surface area contributed by atoms with Gasteiger partial charge in [0.15, 0.2) is 0 Å². The smallest absolute Gasteiger partial charge is 0.234 e. The molecule has 2 aromatic carbocycles. The summed E-state index contributed by atoms with van der Waals surface area (Å²) in [4.78, 5) is 11.8. The summed E-state index contributed by atoms with van der Waals surface area (Å²) in [5.74, 6) is 0.919. The van der Waals surface area contributed by atoms with Crippen LogP contribution in [0.25, 0.3) is 0 Å². The van der Waals surface area contributed by atoms with E-state index < -0.39 is 0 Å². The number of rotatable bonds is 5. The van der Waals surface area contributed by atoms with Gasteiger partial charge in [-0.2, -0.15) is 0 Å². The lowest BCUT2D eigenvalue weighted by Gasteiger charge is -2.07. The molecule has 1 amide bonds. The number of aromatic hydroxyl groups is 1. The predicted molar refractivity (Wildman–Crippen MR) is 89.4 cm³/mol. The van der Waals surface area contributed by atoms with Crippen molar-refractivity contribution in [2.75, 3.05) is 11.1 Å². The predicted octanol–water partition coefficient (Wildman–Crippen LogP) is 4.57. The number of nitrogens with one attached hydrogen (secondary N) is 1. The molecule has 3 nitrogen and oxygen atoms in total. The number of amides is 1. The van der Waals surface area contributed by atoms with Gasteiger partial charge in [-0.3, -0.25) is 4.79 Å². The van der Waals surface area contributed by atoms with Gasteiger partial charge in [-0.1, -0.05) is 35.3 Å². The molecule has 2 aromatic rings. The van der Waals surface area contributed by atoms with Crippen LogP contribution in [0.3, 0.4) is 0 Å². The van der Waals surface area contributed by atoms with Gasteiger partial charge in [0.25, 0.3) is 0 Å². The van der Waals surface area contributed by atoms with Crippen LogP contribution >= 0.6 is 35.0 Å². The van der Waals surface area contributed by atoms with Crippen LogP contribution in [-0.4, -0.2) is 16.8 Å². The van der Waals surface area contributed by atoms with E-state index in [0.717, 1.165) is 5.56 Å². The number of carbonyl (C=O) groups is 1. The largest absolute Gasteiger partial charge is 0.508 e. The standard InChI is InChI=1S/C15H13Cl2NO2S/c16-11-5-4-10(14(17)6-11)8-21-9-15(20)18-12-2-1-3-13(19)7-12/h1-7,19H,8-9H2,(H,18,20). The second-order valence-electron chi connectivity index (χ2n) is 4.33. The Morgan fingerprint density at radius 1 is 1.19 bits per heavy atom. The third kappa shape index (κ3) is 5.16. The third-order valence-corrected chi connectivity index (χ3v) is 4.20. The number of carbonyl (C=O) groups excluding carboxylic acids is 1. The lowest BCUT2D eigenvalue weighted by molar-refractivity contribution is -0.113. The normalized spacial score (nSPS) is 10.4. The van der Waals surface area contributed by atoms with Crippen LogP contribution in [0, 0.1) is 0 Å². The summed E-state index contributed by atoms with van der Waals surface area (Å²) in [5.41, 5.74) is 1.52. The second-order valence-corrected chi connectivity index (χ2v) is 6.16. The molecule has 110 valence electrons. The third-order valence-electron chi connectivity index (χ3n) is 2.64. The van der Waals surface area contributed by atoms with E-state index in [0.29, 0.717) is 27.2 Å². The molecular weight excluding hydrogens is 329 g/mol. The van der Waals surface area contributed by atoms with Crippen molar-refractivity contribution in [2.24, 2.45) is 0 Å². The van der Waals surface area contributed by atoms with Gasteiger partial charge in [-0.25, -0.2) is 0 Å². The van der Waals surface area contributed by atoms with Gasteiger partial charge in [0.2, 0.25) is 5.91 Å². The Morgan fingerprint density at radius 3 is 2.71 bits per heavy atom. The van der Waals surface area contributed by atoms with Gasteiger partial charge in [-0.05, 0) is 29.8 Å². The SMILES string of the molecule is O=C(CSCc1ccc(Cl)cc1Cl)Nc1cccc(O)c1. The number of halogens is 2. The Bertz CT molecular complexity index is 649. The zero-order valence-corrected chi connectivity index (χ0v) is 13.3. The molecule has 0 heterocycles. The second kappa shape index (κ2) is 7.59. The molecule has 0 saturated heterocycles.